The second-order valence-electron chi connectivity index (χ2n) is 8.22. The van der Waals surface area contributed by atoms with Crippen LogP contribution >= 0.6 is 0 Å². The van der Waals surface area contributed by atoms with Crippen molar-refractivity contribution in [2.45, 2.75) is 26.6 Å². The number of hydrogen-bond donors (Lipinski definition) is 1. The lowest BCUT2D eigenvalue weighted by Gasteiger charge is -2.33. The van der Waals surface area contributed by atoms with Gasteiger partial charge in [0.15, 0.2) is 17.4 Å². The van der Waals surface area contributed by atoms with Crippen LogP contribution in [0.2, 0.25) is 0 Å². The molecule has 0 spiro atoms. The highest BCUT2D eigenvalue weighted by Gasteiger charge is 2.54. The van der Waals surface area contributed by atoms with Crippen LogP contribution in [0.25, 0.3) is 11.1 Å². The number of halogens is 3. The van der Waals surface area contributed by atoms with Crippen molar-refractivity contribution >= 4 is 11.9 Å². The maximum Gasteiger partial charge on any atom is 0.402 e. The van der Waals surface area contributed by atoms with E-state index >= 15 is 0 Å². The molecule has 7 nitrogen and oxygen atoms in total. The van der Waals surface area contributed by atoms with Gasteiger partial charge in [-0.2, -0.15) is 13.2 Å². The first kappa shape index (κ1) is 24.2. The summed E-state index contributed by atoms with van der Waals surface area (Å²) in [5.41, 5.74) is 0.336. The second kappa shape index (κ2) is 8.84. The molecule has 0 saturated heterocycles. The van der Waals surface area contributed by atoms with E-state index in [1.807, 2.05) is 0 Å². The Morgan fingerprint density at radius 1 is 1.09 bits per heavy atom. The highest BCUT2D eigenvalue weighted by molar-refractivity contribution is 5.94. The molecule has 33 heavy (non-hydrogen) atoms. The van der Waals surface area contributed by atoms with Crippen LogP contribution in [-0.2, 0) is 16.1 Å². The molecule has 3 rings (SSSR count). The van der Waals surface area contributed by atoms with Gasteiger partial charge in [-0.15, -0.1) is 0 Å². The molecule has 2 aromatic rings. The van der Waals surface area contributed by atoms with Crippen LogP contribution in [-0.4, -0.2) is 44.0 Å². The molecule has 2 aromatic carbocycles. The number of carboxylic acid groups (broad SMARTS) is 1. The van der Waals surface area contributed by atoms with Crippen LogP contribution in [0.15, 0.2) is 30.3 Å². The van der Waals surface area contributed by atoms with E-state index in [1.165, 1.54) is 28.1 Å². The summed E-state index contributed by atoms with van der Waals surface area (Å²) in [6.07, 6.45) is -4.97. The summed E-state index contributed by atoms with van der Waals surface area (Å²) in [5.74, 6) is -4.57. The van der Waals surface area contributed by atoms with Gasteiger partial charge in [0.1, 0.15) is 6.61 Å². The van der Waals surface area contributed by atoms with Crippen molar-refractivity contribution in [3.63, 3.8) is 0 Å². The Hall–Kier alpha value is -3.43. The van der Waals surface area contributed by atoms with Gasteiger partial charge in [-0.25, -0.2) is 4.79 Å². The van der Waals surface area contributed by atoms with E-state index < -0.39 is 36.1 Å². The fourth-order valence-corrected chi connectivity index (χ4v) is 3.83. The van der Waals surface area contributed by atoms with Crippen LogP contribution in [0.1, 0.15) is 29.8 Å². The van der Waals surface area contributed by atoms with Gasteiger partial charge in [0, 0.05) is 16.5 Å². The third kappa shape index (κ3) is 4.69. The standard InChI is InChI=1S/C23H23F3O7/c1-22(2,19(20(27)28)23(24,25)26)11-33-17-14(7-8-16(30-3)18(17)31-4)12-5-6-15-13(9-12)10-32-21(15)29/h5-9,19H,10-11H2,1-4H3,(H,27,28). The number of aliphatic carboxylic acids is 1. The summed E-state index contributed by atoms with van der Waals surface area (Å²) < 4.78 is 61.9. The summed E-state index contributed by atoms with van der Waals surface area (Å²) in [4.78, 5) is 23.1. The van der Waals surface area contributed by atoms with Crippen molar-refractivity contribution < 1.29 is 46.8 Å². The molecular weight excluding hydrogens is 445 g/mol. The zero-order valence-corrected chi connectivity index (χ0v) is 18.4. The number of hydrogen-bond acceptors (Lipinski definition) is 6. The smallest absolute Gasteiger partial charge is 0.402 e. The van der Waals surface area contributed by atoms with Crippen LogP contribution in [0.5, 0.6) is 17.2 Å². The summed E-state index contributed by atoms with van der Waals surface area (Å²) >= 11 is 0. The van der Waals surface area contributed by atoms with Crippen LogP contribution < -0.4 is 14.2 Å². The van der Waals surface area contributed by atoms with E-state index in [0.29, 0.717) is 22.3 Å². The average Bonchev–Trinajstić information content (AvgIpc) is 3.09. The molecule has 0 saturated carbocycles. The summed E-state index contributed by atoms with van der Waals surface area (Å²) in [7, 11) is 2.75. The number of rotatable bonds is 8. The molecule has 1 heterocycles. The molecule has 178 valence electrons. The second-order valence-corrected chi connectivity index (χ2v) is 8.22. The highest BCUT2D eigenvalue weighted by Crippen LogP contribution is 2.47. The molecule has 0 bridgehead atoms. The van der Waals surface area contributed by atoms with Gasteiger partial charge >= 0.3 is 18.1 Å². The molecule has 1 N–H and O–H groups in total. The van der Waals surface area contributed by atoms with E-state index in [2.05, 4.69) is 0 Å². The SMILES string of the molecule is COc1ccc(-c2ccc3c(c2)COC3=O)c(OCC(C)(C)C(C(=O)O)C(F)(F)F)c1OC. The Labute approximate surface area is 188 Å². The maximum atomic E-state index is 13.4. The molecule has 10 heteroatoms. The third-order valence-electron chi connectivity index (χ3n) is 5.44. The Kier molecular flexibility index (Phi) is 6.49. The Balaban J connectivity index is 2.05. The van der Waals surface area contributed by atoms with Crippen molar-refractivity contribution in [2.75, 3.05) is 20.8 Å². The number of carbonyl (C=O) groups is 2. The summed E-state index contributed by atoms with van der Waals surface area (Å²) in [6.45, 7) is 1.87. The van der Waals surface area contributed by atoms with Gasteiger partial charge in [0.25, 0.3) is 0 Å². The number of carboxylic acids is 1. The number of benzene rings is 2. The largest absolute Gasteiger partial charge is 0.493 e. The first-order valence-electron chi connectivity index (χ1n) is 9.88. The summed E-state index contributed by atoms with van der Waals surface area (Å²) in [5, 5.41) is 9.21. The lowest BCUT2D eigenvalue weighted by molar-refractivity contribution is -0.216. The third-order valence-corrected chi connectivity index (χ3v) is 5.44. The quantitative estimate of drug-likeness (QED) is 0.561. The van der Waals surface area contributed by atoms with Gasteiger partial charge < -0.3 is 24.1 Å². The van der Waals surface area contributed by atoms with E-state index in [-0.39, 0.29) is 23.9 Å². The maximum absolute atomic E-state index is 13.4. The van der Waals surface area contributed by atoms with Gasteiger partial charge in [-0.3, -0.25) is 4.79 Å². The van der Waals surface area contributed by atoms with Crippen molar-refractivity contribution in [3.8, 4) is 28.4 Å². The molecule has 0 aromatic heterocycles. The molecule has 0 fully saturated rings. The highest BCUT2D eigenvalue weighted by atomic mass is 19.4. The summed E-state index contributed by atoms with van der Waals surface area (Å²) in [6, 6.07) is 8.21. The van der Waals surface area contributed by atoms with Gasteiger partial charge in [0.2, 0.25) is 5.75 Å². The number of carbonyl (C=O) groups excluding carboxylic acids is 1. The lowest BCUT2D eigenvalue weighted by Crippen LogP contribution is -2.45. The monoisotopic (exact) mass is 468 g/mol. The zero-order chi connectivity index (χ0) is 24.6. The number of fused-ring (bicyclic) bond motifs is 1. The number of ether oxygens (including phenoxy) is 4. The van der Waals surface area contributed by atoms with Gasteiger partial charge in [0.05, 0.1) is 26.4 Å². The first-order chi connectivity index (χ1) is 15.4. The molecule has 0 amide bonds. The molecule has 1 aliphatic heterocycles. The van der Waals surface area contributed by atoms with Crippen molar-refractivity contribution in [1.82, 2.24) is 0 Å². The van der Waals surface area contributed by atoms with E-state index in [0.717, 1.165) is 0 Å². The van der Waals surface area contributed by atoms with E-state index in [4.69, 9.17) is 18.9 Å². The van der Waals surface area contributed by atoms with E-state index in [9.17, 15) is 27.9 Å². The van der Waals surface area contributed by atoms with Gasteiger partial charge in [-0.1, -0.05) is 19.9 Å². The molecule has 1 unspecified atom stereocenters. The van der Waals surface area contributed by atoms with Crippen LogP contribution in [0, 0.1) is 11.3 Å². The van der Waals surface area contributed by atoms with Crippen molar-refractivity contribution in [1.29, 1.82) is 0 Å². The molecule has 0 aliphatic carbocycles. The number of alkyl halides is 3. The van der Waals surface area contributed by atoms with E-state index in [1.54, 1.807) is 30.3 Å². The number of methoxy groups -OCH3 is 2. The Morgan fingerprint density at radius 2 is 1.76 bits per heavy atom. The Morgan fingerprint density at radius 3 is 2.33 bits per heavy atom. The molecular formula is C23H23F3O7. The minimum absolute atomic E-state index is 0.0847. The average molecular weight is 468 g/mol. The molecule has 1 aliphatic rings. The van der Waals surface area contributed by atoms with Crippen molar-refractivity contribution in [2.24, 2.45) is 11.3 Å². The predicted molar refractivity (Wildman–Crippen MR) is 111 cm³/mol. The topological polar surface area (TPSA) is 91.3 Å². The fraction of sp³-hybridized carbons (Fsp3) is 0.391. The number of esters is 1. The minimum atomic E-state index is -4.97. The lowest BCUT2D eigenvalue weighted by atomic mass is 9.79. The zero-order valence-electron chi connectivity index (χ0n) is 18.4. The van der Waals surface area contributed by atoms with Gasteiger partial charge in [-0.05, 0) is 29.8 Å². The normalized spacial score (nSPS) is 14.3. The Bertz CT molecular complexity index is 1080. The number of cyclic esters (lactones) is 1. The first-order valence-corrected chi connectivity index (χ1v) is 9.88. The predicted octanol–water partition coefficient (Wildman–Crippen LogP) is 4.71. The van der Waals surface area contributed by atoms with Crippen LogP contribution in [0.4, 0.5) is 13.2 Å². The molecule has 1 atom stereocenters. The fourth-order valence-electron chi connectivity index (χ4n) is 3.83. The minimum Gasteiger partial charge on any atom is -0.493 e. The van der Waals surface area contributed by atoms with Crippen LogP contribution in [0.3, 0.4) is 0 Å². The molecule has 0 radical (unpaired) electrons. The van der Waals surface area contributed by atoms with Crippen molar-refractivity contribution in [3.05, 3.63) is 41.5 Å².